The van der Waals surface area contributed by atoms with Gasteiger partial charge in [-0.25, -0.2) is 12.8 Å². The summed E-state index contributed by atoms with van der Waals surface area (Å²) in [5, 5.41) is 2.65. The predicted octanol–water partition coefficient (Wildman–Crippen LogP) is 4.49. The maximum absolute atomic E-state index is 13.9. The van der Waals surface area contributed by atoms with Crippen molar-refractivity contribution in [1.29, 1.82) is 0 Å². The highest BCUT2D eigenvalue weighted by Gasteiger charge is 2.32. The first-order valence-corrected chi connectivity index (χ1v) is 13.0. The van der Waals surface area contributed by atoms with Crippen LogP contribution in [0.3, 0.4) is 0 Å². The number of carbonyl (C=O) groups is 2. The molecule has 36 heavy (non-hydrogen) atoms. The molecule has 0 spiro atoms. The maximum Gasteiger partial charge on any atom is 0.264 e. The van der Waals surface area contributed by atoms with Gasteiger partial charge in [0.05, 0.1) is 15.6 Å². The summed E-state index contributed by atoms with van der Waals surface area (Å²) in [6.45, 7) is 0.866. The van der Waals surface area contributed by atoms with Crippen molar-refractivity contribution in [2.45, 2.75) is 24.4 Å². The second-order valence-electron chi connectivity index (χ2n) is 7.86. The number of amides is 2. The van der Waals surface area contributed by atoms with Crippen molar-refractivity contribution in [2.75, 3.05) is 17.9 Å². The van der Waals surface area contributed by atoms with Gasteiger partial charge in [0, 0.05) is 18.6 Å². The Labute approximate surface area is 219 Å². The predicted molar refractivity (Wildman–Crippen MR) is 138 cm³/mol. The second kappa shape index (κ2) is 11.7. The number of rotatable bonds is 9. The first-order chi connectivity index (χ1) is 17.0. The van der Waals surface area contributed by atoms with Crippen LogP contribution in [0.15, 0.2) is 77.7 Å². The van der Waals surface area contributed by atoms with E-state index in [0.29, 0.717) is 10.6 Å². The molecule has 0 aliphatic heterocycles. The molecule has 0 unspecified atom stereocenters. The van der Waals surface area contributed by atoms with Crippen molar-refractivity contribution in [2.24, 2.45) is 0 Å². The SMILES string of the molecule is CNC(=O)[C@@H](C)N(Cc1cccc(Cl)c1)C(=O)CN(c1ccc(F)c(Cl)c1)S(=O)(=O)c1ccccc1. The fraction of sp³-hybridized carbons (Fsp3) is 0.200. The minimum atomic E-state index is -4.26. The van der Waals surface area contributed by atoms with Gasteiger partial charge in [-0.05, 0) is 55.0 Å². The molecule has 0 heterocycles. The van der Waals surface area contributed by atoms with E-state index < -0.39 is 40.2 Å². The Morgan fingerprint density at radius 2 is 1.69 bits per heavy atom. The Kier molecular flexibility index (Phi) is 8.94. The highest BCUT2D eigenvalue weighted by molar-refractivity contribution is 7.92. The van der Waals surface area contributed by atoms with Crippen LogP contribution in [0.5, 0.6) is 0 Å². The third-order valence-electron chi connectivity index (χ3n) is 5.46. The average molecular weight is 552 g/mol. The first-order valence-electron chi connectivity index (χ1n) is 10.8. The fourth-order valence-corrected chi connectivity index (χ4v) is 5.33. The zero-order valence-electron chi connectivity index (χ0n) is 19.5. The molecule has 0 aliphatic rings. The average Bonchev–Trinajstić information content (AvgIpc) is 2.87. The van der Waals surface area contributed by atoms with E-state index in [-0.39, 0.29) is 22.2 Å². The topological polar surface area (TPSA) is 86.8 Å². The van der Waals surface area contributed by atoms with Gasteiger partial charge in [0.25, 0.3) is 10.0 Å². The van der Waals surface area contributed by atoms with Crippen molar-refractivity contribution in [3.63, 3.8) is 0 Å². The minimum Gasteiger partial charge on any atom is -0.357 e. The zero-order valence-corrected chi connectivity index (χ0v) is 21.8. The van der Waals surface area contributed by atoms with E-state index in [2.05, 4.69) is 5.32 Å². The van der Waals surface area contributed by atoms with Gasteiger partial charge in [-0.2, -0.15) is 0 Å². The van der Waals surface area contributed by atoms with E-state index in [0.717, 1.165) is 16.4 Å². The molecule has 1 atom stereocenters. The molecular weight excluding hydrogens is 528 g/mol. The van der Waals surface area contributed by atoms with E-state index in [4.69, 9.17) is 23.2 Å². The molecule has 0 fully saturated rings. The lowest BCUT2D eigenvalue weighted by molar-refractivity contribution is -0.139. The van der Waals surface area contributed by atoms with E-state index in [1.165, 1.54) is 37.1 Å². The maximum atomic E-state index is 13.9. The van der Waals surface area contributed by atoms with Gasteiger partial charge in [-0.3, -0.25) is 13.9 Å². The van der Waals surface area contributed by atoms with Gasteiger partial charge in [0.2, 0.25) is 11.8 Å². The molecule has 2 amide bonds. The molecule has 11 heteroatoms. The number of sulfonamides is 1. The standard InChI is InChI=1S/C25H24Cl2FN3O4S/c1-17(25(33)29-2)30(15-18-7-6-8-19(26)13-18)24(32)16-31(20-11-12-23(28)22(27)14-20)36(34,35)21-9-4-3-5-10-21/h3-14,17H,15-16H2,1-2H3,(H,29,33)/t17-/m1/s1. The Bertz CT molecular complexity index is 1360. The van der Waals surface area contributed by atoms with E-state index in [1.54, 1.807) is 42.5 Å². The van der Waals surface area contributed by atoms with Crippen LogP contribution in [0.25, 0.3) is 0 Å². The number of carbonyl (C=O) groups excluding carboxylic acids is 2. The quantitative estimate of drug-likeness (QED) is 0.424. The van der Waals surface area contributed by atoms with Crippen LogP contribution in [0, 0.1) is 5.82 Å². The monoisotopic (exact) mass is 551 g/mol. The van der Waals surface area contributed by atoms with Gasteiger partial charge >= 0.3 is 0 Å². The summed E-state index contributed by atoms with van der Waals surface area (Å²) in [6, 6.07) is 16.7. The lowest BCUT2D eigenvalue weighted by Gasteiger charge is -2.31. The summed E-state index contributed by atoms with van der Waals surface area (Å²) in [5.74, 6) is -1.83. The van der Waals surface area contributed by atoms with Crippen LogP contribution in [0.1, 0.15) is 12.5 Å². The van der Waals surface area contributed by atoms with Gasteiger partial charge in [0.15, 0.2) is 0 Å². The summed E-state index contributed by atoms with van der Waals surface area (Å²) in [7, 11) is -2.82. The van der Waals surface area contributed by atoms with Crippen LogP contribution < -0.4 is 9.62 Å². The van der Waals surface area contributed by atoms with Crippen molar-refractivity contribution in [3.8, 4) is 0 Å². The molecule has 0 aromatic heterocycles. The summed E-state index contributed by atoms with van der Waals surface area (Å²) >= 11 is 12.0. The molecule has 0 radical (unpaired) electrons. The van der Waals surface area contributed by atoms with Crippen LogP contribution in [-0.2, 0) is 26.2 Å². The molecule has 0 aliphatic carbocycles. The largest absolute Gasteiger partial charge is 0.357 e. The highest BCUT2D eigenvalue weighted by Crippen LogP contribution is 2.28. The molecule has 3 aromatic carbocycles. The number of benzene rings is 3. The normalized spacial score (nSPS) is 12.0. The molecular formula is C25H24Cl2FN3O4S. The number of hydrogen-bond donors (Lipinski definition) is 1. The minimum absolute atomic E-state index is 0.00260. The molecule has 1 N–H and O–H groups in total. The van der Waals surface area contributed by atoms with Crippen molar-refractivity contribution >= 4 is 50.7 Å². The van der Waals surface area contributed by atoms with Gasteiger partial charge in [0.1, 0.15) is 18.4 Å². The Balaban J connectivity index is 2.05. The van der Waals surface area contributed by atoms with Crippen LogP contribution in [0.4, 0.5) is 10.1 Å². The fourth-order valence-electron chi connectivity index (χ4n) is 3.51. The van der Waals surface area contributed by atoms with Crippen molar-refractivity contribution < 1.29 is 22.4 Å². The highest BCUT2D eigenvalue weighted by atomic mass is 35.5. The van der Waals surface area contributed by atoms with Gasteiger partial charge in [-0.1, -0.05) is 53.5 Å². The number of halogens is 3. The number of nitrogens with zero attached hydrogens (tertiary/aromatic N) is 2. The van der Waals surface area contributed by atoms with Crippen molar-refractivity contribution in [1.82, 2.24) is 10.2 Å². The third kappa shape index (κ3) is 6.34. The first kappa shape index (κ1) is 27.4. The summed E-state index contributed by atoms with van der Waals surface area (Å²) < 4.78 is 41.8. The van der Waals surface area contributed by atoms with E-state index in [9.17, 15) is 22.4 Å². The smallest absolute Gasteiger partial charge is 0.264 e. The van der Waals surface area contributed by atoms with E-state index in [1.807, 2.05) is 0 Å². The molecule has 0 saturated heterocycles. The Morgan fingerprint density at radius 1 is 1.00 bits per heavy atom. The van der Waals surface area contributed by atoms with Crippen LogP contribution in [-0.4, -0.2) is 44.8 Å². The lowest BCUT2D eigenvalue weighted by Crippen LogP contribution is -2.50. The third-order valence-corrected chi connectivity index (χ3v) is 7.77. The second-order valence-corrected chi connectivity index (χ2v) is 10.6. The number of nitrogens with one attached hydrogen (secondary N) is 1. The molecule has 7 nitrogen and oxygen atoms in total. The lowest BCUT2D eigenvalue weighted by atomic mass is 10.1. The van der Waals surface area contributed by atoms with Gasteiger partial charge < -0.3 is 10.2 Å². The molecule has 3 aromatic rings. The summed E-state index contributed by atoms with van der Waals surface area (Å²) in [4.78, 5) is 27.2. The summed E-state index contributed by atoms with van der Waals surface area (Å²) in [6.07, 6.45) is 0. The molecule has 0 saturated carbocycles. The van der Waals surface area contributed by atoms with Crippen LogP contribution >= 0.6 is 23.2 Å². The van der Waals surface area contributed by atoms with Crippen molar-refractivity contribution in [3.05, 3.63) is 94.2 Å². The molecule has 3 rings (SSSR count). The van der Waals surface area contributed by atoms with E-state index >= 15 is 0 Å². The number of likely N-dealkylation sites (N-methyl/N-ethyl adjacent to an activating group) is 1. The Morgan fingerprint density at radius 3 is 2.31 bits per heavy atom. The number of anilines is 1. The van der Waals surface area contributed by atoms with Gasteiger partial charge in [-0.15, -0.1) is 0 Å². The Hall–Kier alpha value is -3.14. The zero-order chi connectivity index (χ0) is 26.5. The number of hydrogen-bond acceptors (Lipinski definition) is 4. The summed E-state index contributed by atoms with van der Waals surface area (Å²) in [5.41, 5.74) is 0.641. The van der Waals surface area contributed by atoms with Crippen LogP contribution in [0.2, 0.25) is 10.0 Å². The molecule has 190 valence electrons. The molecule has 0 bridgehead atoms.